The molecule has 0 bridgehead atoms. The molecule has 1 aliphatic rings. The number of hydrogen-bond acceptors (Lipinski definition) is 5. The zero-order valence-electron chi connectivity index (χ0n) is 17.9. The van der Waals surface area contributed by atoms with Gasteiger partial charge >= 0.3 is 0 Å². The Balaban J connectivity index is 1.72. The van der Waals surface area contributed by atoms with Gasteiger partial charge in [0, 0.05) is 37.3 Å². The highest BCUT2D eigenvalue weighted by Gasteiger charge is 2.34. The van der Waals surface area contributed by atoms with Crippen LogP contribution in [0.25, 0.3) is 0 Å². The zero-order valence-corrected chi connectivity index (χ0v) is 18.7. The van der Waals surface area contributed by atoms with Crippen molar-refractivity contribution < 1.29 is 22.7 Å². The Morgan fingerprint density at radius 3 is 2.32 bits per heavy atom. The molecule has 8 heteroatoms. The summed E-state index contributed by atoms with van der Waals surface area (Å²) in [6, 6.07) is 14.0. The number of para-hydroxylation sites is 1. The maximum atomic E-state index is 13.1. The van der Waals surface area contributed by atoms with Crippen LogP contribution in [0.4, 0.5) is 5.69 Å². The lowest BCUT2D eigenvalue weighted by Gasteiger charge is -2.33. The fourth-order valence-electron chi connectivity index (χ4n) is 3.75. The fourth-order valence-corrected chi connectivity index (χ4v) is 5.23. The molecule has 0 N–H and O–H groups in total. The molecule has 0 aliphatic carbocycles. The van der Waals surface area contributed by atoms with Gasteiger partial charge in [0.15, 0.2) is 11.5 Å². The molecule has 7 nitrogen and oxygen atoms in total. The van der Waals surface area contributed by atoms with Gasteiger partial charge < -0.3 is 14.4 Å². The highest BCUT2D eigenvalue weighted by molar-refractivity contribution is 7.89. The van der Waals surface area contributed by atoms with Gasteiger partial charge in [-0.05, 0) is 37.1 Å². The third-order valence-electron chi connectivity index (χ3n) is 5.44. The van der Waals surface area contributed by atoms with E-state index < -0.39 is 10.0 Å². The van der Waals surface area contributed by atoms with Crippen LogP contribution in [0.15, 0.2) is 66.1 Å². The summed E-state index contributed by atoms with van der Waals surface area (Å²) in [5.41, 5.74) is 0.813. The third-order valence-corrected chi connectivity index (χ3v) is 7.34. The second kappa shape index (κ2) is 9.98. The lowest BCUT2D eigenvalue weighted by atomic mass is 9.96. The molecular formula is C23H28N2O5S. The largest absolute Gasteiger partial charge is 0.493 e. The van der Waals surface area contributed by atoms with Crippen molar-refractivity contribution in [1.29, 1.82) is 0 Å². The lowest BCUT2D eigenvalue weighted by molar-refractivity contribution is -0.123. The molecule has 31 heavy (non-hydrogen) atoms. The van der Waals surface area contributed by atoms with Crippen molar-refractivity contribution in [3.05, 3.63) is 61.2 Å². The second-order valence-electron chi connectivity index (χ2n) is 7.27. The Morgan fingerprint density at radius 1 is 1.10 bits per heavy atom. The summed E-state index contributed by atoms with van der Waals surface area (Å²) in [5, 5.41) is 0. The smallest absolute Gasteiger partial charge is 0.243 e. The Kier molecular flexibility index (Phi) is 7.35. The van der Waals surface area contributed by atoms with E-state index in [2.05, 4.69) is 6.58 Å². The summed E-state index contributed by atoms with van der Waals surface area (Å²) in [4.78, 5) is 15.0. The molecular weight excluding hydrogens is 416 g/mol. The topological polar surface area (TPSA) is 76.2 Å². The average molecular weight is 445 g/mol. The van der Waals surface area contributed by atoms with Crippen LogP contribution in [0, 0.1) is 5.92 Å². The minimum Gasteiger partial charge on any atom is -0.493 e. The van der Waals surface area contributed by atoms with Crippen LogP contribution in [0.5, 0.6) is 11.5 Å². The molecule has 0 saturated carbocycles. The number of methoxy groups -OCH3 is 2. The van der Waals surface area contributed by atoms with Crippen LogP contribution < -0.4 is 14.4 Å². The van der Waals surface area contributed by atoms with Crippen LogP contribution in [0.2, 0.25) is 0 Å². The maximum Gasteiger partial charge on any atom is 0.243 e. The highest BCUT2D eigenvalue weighted by Crippen LogP contribution is 2.32. The van der Waals surface area contributed by atoms with Gasteiger partial charge in [-0.15, -0.1) is 6.58 Å². The molecule has 1 saturated heterocycles. The van der Waals surface area contributed by atoms with Crippen LogP contribution in [0.3, 0.4) is 0 Å². The summed E-state index contributed by atoms with van der Waals surface area (Å²) in [6.07, 6.45) is 2.62. The van der Waals surface area contributed by atoms with Gasteiger partial charge in [0.2, 0.25) is 15.9 Å². The first kappa shape index (κ1) is 22.8. The molecule has 2 aromatic rings. The number of ether oxygens (including phenoxy) is 2. The molecule has 1 amide bonds. The number of benzene rings is 2. The number of carbonyl (C=O) groups excluding carboxylic acids is 1. The zero-order chi connectivity index (χ0) is 22.4. The van der Waals surface area contributed by atoms with E-state index in [0.29, 0.717) is 30.9 Å². The predicted molar refractivity (Wildman–Crippen MR) is 120 cm³/mol. The predicted octanol–water partition coefficient (Wildman–Crippen LogP) is 3.32. The van der Waals surface area contributed by atoms with Crippen molar-refractivity contribution in [2.75, 3.05) is 38.8 Å². The number of anilines is 1. The lowest BCUT2D eigenvalue weighted by Crippen LogP contribution is -2.44. The van der Waals surface area contributed by atoms with Crippen LogP contribution in [-0.2, 0) is 14.8 Å². The van der Waals surface area contributed by atoms with E-state index >= 15 is 0 Å². The van der Waals surface area contributed by atoms with Crippen molar-refractivity contribution in [3.63, 3.8) is 0 Å². The quantitative estimate of drug-likeness (QED) is 0.584. The number of piperidine rings is 1. The minimum atomic E-state index is -3.69. The van der Waals surface area contributed by atoms with E-state index in [-0.39, 0.29) is 29.8 Å². The van der Waals surface area contributed by atoms with Crippen LogP contribution >= 0.6 is 0 Å². The first-order valence-corrected chi connectivity index (χ1v) is 11.6. The van der Waals surface area contributed by atoms with Gasteiger partial charge in [-0.2, -0.15) is 4.31 Å². The van der Waals surface area contributed by atoms with Crippen molar-refractivity contribution in [2.24, 2.45) is 5.92 Å². The summed E-state index contributed by atoms with van der Waals surface area (Å²) in [7, 11) is -0.730. The Morgan fingerprint density at radius 2 is 1.74 bits per heavy atom. The molecule has 0 atom stereocenters. The van der Waals surface area contributed by atoms with Gasteiger partial charge in [-0.3, -0.25) is 4.79 Å². The molecule has 1 aliphatic heterocycles. The average Bonchev–Trinajstić information content (AvgIpc) is 2.82. The van der Waals surface area contributed by atoms with Gasteiger partial charge in [0.05, 0.1) is 19.1 Å². The van der Waals surface area contributed by atoms with E-state index in [9.17, 15) is 13.2 Å². The number of sulfonamides is 1. The molecule has 3 rings (SSSR count). The molecule has 0 radical (unpaired) electrons. The molecule has 0 spiro atoms. The monoisotopic (exact) mass is 444 g/mol. The molecule has 2 aromatic carbocycles. The van der Waals surface area contributed by atoms with E-state index in [0.717, 1.165) is 5.69 Å². The first-order chi connectivity index (χ1) is 14.9. The van der Waals surface area contributed by atoms with Crippen LogP contribution in [0.1, 0.15) is 12.8 Å². The third kappa shape index (κ3) is 4.91. The number of amides is 1. The molecule has 1 fully saturated rings. The molecule has 0 aromatic heterocycles. The molecule has 1 heterocycles. The summed E-state index contributed by atoms with van der Waals surface area (Å²) >= 11 is 0. The van der Waals surface area contributed by atoms with Crippen molar-refractivity contribution in [2.45, 2.75) is 17.7 Å². The first-order valence-electron chi connectivity index (χ1n) is 10.1. The van der Waals surface area contributed by atoms with Crippen LogP contribution in [-0.4, -0.2) is 52.5 Å². The minimum absolute atomic E-state index is 0.00531. The van der Waals surface area contributed by atoms with Gasteiger partial charge in [0.1, 0.15) is 0 Å². The normalized spacial score (nSPS) is 15.3. The van der Waals surface area contributed by atoms with Gasteiger partial charge in [-0.1, -0.05) is 24.3 Å². The number of carbonyl (C=O) groups is 1. The SMILES string of the molecule is C=CCN(C(=O)C1CCN(S(=O)(=O)c2ccc(OC)c(OC)c2)CC1)c1ccccc1. The number of nitrogens with zero attached hydrogens (tertiary/aromatic N) is 2. The Hall–Kier alpha value is -2.84. The number of hydrogen-bond donors (Lipinski definition) is 0. The van der Waals surface area contributed by atoms with Crippen molar-refractivity contribution >= 4 is 21.6 Å². The highest BCUT2D eigenvalue weighted by atomic mass is 32.2. The standard InChI is InChI=1S/C23H28N2O5S/c1-4-14-25(19-8-6-5-7-9-19)23(26)18-12-15-24(16-13-18)31(27,28)20-10-11-21(29-2)22(17-20)30-3/h4-11,17-18H,1,12-16H2,2-3H3. The Bertz CT molecular complexity index is 1020. The Labute approximate surface area is 183 Å². The van der Waals surface area contributed by atoms with E-state index in [1.165, 1.54) is 30.7 Å². The van der Waals surface area contributed by atoms with Gasteiger partial charge in [-0.25, -0.2) is 8.42 Å². The summed E-state index contributed by atoms with van der Waals surface area (Å²) < 4.78 is 38.1. The van der Waals surface area contributed by atoms with E-state index in [1.807, 2.05) is 30.3 Å². The number of rotatable bonds is 8. The maximum absolute atomic E-state index is 13.1. The molecule has 0 unspecified atom stereocenters. The van der Waals surface area contributed by atoms with Crippen molar-refractivity contribution in [1.82, 2.24) is 4.31 Å². The summed E-state index contributed by atoms with van der Waals surface area (Å²) in [5.74, 6) is 0.580. The fraction of sp³-hybridized carbons (Fsp3) is 0.348. The second-order valence-corrected chi connectivity index (χ2v) is 9.21. The van der Waals surface area contributed by atoms with Gasteiger partial charge in [0.25, 0.3) is 0 Å². The summed E-state index contributed by atoms with van der Waals surface area (Å²) in [6.45, 7) is 4.73. The van der Waals surface area contributed by atoms with E-state index in [1.54, 1.807) is 17.0 Å². The molecule has 166 valence electrons. The van der Waals surface area contributed by atoms with E-state index in [4.69, 9.17) is 9.47 Å². The van der Waals surface area contributed by atoms with Crippen molar-refractivity contribution in [3.8, 4) is 11.5 Å².